The zero-order valence-electron chi connectivity index (χ0n) is 16.7. The van der Waals surface area contributed by atoms with Crippen molar-refractivity contribution >= 4 is 15.9 Å². The Kier molecular flexibility index (Phi) is 7.77. The Hall–Kier alpha value is -1.56. The van der Waals surface area contributed by atoms with Gasteiger partial charge in [0.25, 0.3) is 0 Å². The molecule has 1 aliphatic rings. The summed E-state index contributed by atoms with van der Waals surface area (Å²) < 4.78 is 12.4. The summed E-state index contributed by atoms with van der Waals surface area (Å²) in [6.45, 7) is 7.88. The van der Waals surface area contributed by atoms with Gasteiger partial charge in [0.1, 0.15) is 0 Å². The van der Waals surface area contributed by atoms with Crippen LogP contribution in [0.15, 0.2) is 46.9 Å². The van der Waals surface area contributed by atoms with Crippen LogP contribution in [0.1, 0.15) is 31.4 Å². The van der Waals surface area contributed by atoms with Crippen molar-refractivity contribution in [3.05, 3.63) is 58.1 Å². The summed E-state index contributed by atoms with van der Waals surface area (Å²) in [4.78, 5) is 2.44. The van der Waals surface area contributed by atoms with Crippen LogP contribution in [0.25, 0.3) is 0 Å². The van der Waals surface area contributed by atoms with E-state index in [0.29, 0.717) is 13.2 Å². The van der Waals surface area contributed by atoms with E-state index in [1.807, 2.05) is 19.9 Å². The third-order valence-electron chi connectivity index (χ3n) is 5.18. The average molecular weight is 448 g/mol. The maximum atomic E-state index is 10.6. The summed E-state index contributed by atoms with van der Waals surface area (Å²) in [5, 5.41) is 10.6. The highest BCUT2D eigenvalue weighted by atomic mass is 79.9. The molecule has 28 heavy (non-hydrogen) atoms. The van der Waals surface area contributed by atoms with Crippen LogP contribution in [0.5, 0.6) is 11.5 Å². The average Bonchev–Trinajstić information content (AvgIpc) is 2.68. The number of aliphatic hydroxyl groups excluding tert-OH is 1. The molecule has 3 rings (SSSR count). The number of halogens is 1. The molecule has 0 saturated carbocycles. The molecule has 0 amide bonds. The molecule has 2 aromatic carbocycles. The largest absolute Gasteiger partial charge is 0.490 e. The van der Waals surface area contributed by atoms with Crippen LogP contribution >= 0.6 is 15.9 Å². The number of likely N-dealkylation sites (tertiary alicyclic amines) is 1. The standard InChI is InChI=1S/C23H30BrNO3/c1-3-27-22-14-18(13-20(24)23(22)28-4-2)12-19-16-25(11-10-21(19)26)15-17-8-6-5-7-9-17/h5-9,13-14,19,21,26H,3-4,10-12,15-16H2,1-2H3. The fraction of sp³-hybridized carbons (Fsp3) is 0.478. The normalized spacial score (nSPS) is 20.1. The van der Waals surface area contributed by atoms with Gasteiger partial charge in [-0.1, -0.05) is 30.3 Å². The SMILES string of the molecule is CCOc1cc(CC2CN(Cc3ccccc3)CCC2O)cc(Br)c1OCC. The lowest BCUT2D eigenvalue weighted by Gasteiger charge is -2.36. The van der Waals surface area contributed by atoms with Crippen molar-refractivity contribution in [2.24, 2.45) is 5.92 Å². The van der Waals surface area contributed by atoms with E-state index in [2.05, 4.69) is 57.2 Å². The Labute approximate surface area is 176 Å². The first-order valence-electron chi connectivity index (χ1n) is 10.1. The maximum absolute atomic E-state index is 10.6. The maximum Gasteiger partial charge on any atom is 0.175 e. The zero-order chi connectivity index (χ0) is 19.9. The second kappa shape index (κ2) is 10.3. The van der Waals surface area contributed by atoms with Crippen LogP contribution in [0, 0.1) is 5.92 Å². The van der Waals surface area contributed by atoms with E-state index in [4.69, 9.17) is 9.47 Å². The monoisotopic (exact) mass is 447 g/mol. The van der Waals surface area contributed by atoms with Crippen molar-refractivity contribution in [3.8, 4) is 11.5 Å². The Balaban J connectivity index is 1.72. The molecule has 0 aliphatic carbocycles. The molecule has 2 atom stereocenters. The van der Waals surface area contributed by atoms with Crippen molar-refractivity contribution < 1.29 is 14.6 Å². The Morgan fingerprint density at radius 3 is 2.54 bits per heavy atom. The van der Waals surface area contributed by atoms with Crippen molar-refractivity contribution in [2.45, 2.75) is 39.3 Å². The van der Waals surface area contributed by atoms with Crippen LogP contribution in [0.3, 0.4) is 0 Å². The molecule has 5 heteroatoms. The molecule has 0 radical (unpaired) electrons. The van der Waals surface area contributed by atoms with Gasteiger partial charge >= 0.3 is 0 Å². The van der Waals surface area contributed by atoms with Gasteiger partial charge in [-0.15, -0.1) is 0 Å². The predicted molar refractivity (Wildman–Crippen MR) is 116 cm³/mol. The van der Waals surface area contributed by atoms with Gasteiger partial charge in [0.2, 0.25) is 0 Å². The first-order valence-corrected chi connectivity index (χ1v) is 10.9. The summed E-state index contributed by atoms with van der Waals surface area (Å²) in [7, 11) is 0. The van der Waals surface area contributed by atoms with Gasteiger partial charge in [0.05, 0.1) is 23.8 Å². The molecule has 1 saturated heterocycles. The zero-order valence-corrected chi connectivity index (χ0v) is 18.3. The van der Waals surface area contributed by atoms with Crippen molar-refractivity contribution in [2.75, 3.05) is 26.3 Å². The Bertz CT molecular complexity index is 753. The van der Waals surface area contributed by atoms with Crippen LogP contribution in [0.2, 0.25) is 0 Å². The fourth-order valence-corrected chi connectivity index (χ4v) is 4.47. The van der Waals surface area contributed by atoms with Crippen molar-refractivity contribution in [3.63, 3.8) is 0 Å². The summed E-state index contributed by atoms with van der Waals surface area (Å²) in [6.07, 6.45) is 1.36. The van der Waals surface area contributed by atoms with E-state index in [9.17, 15) is 5.11 Å². The van der Waals surface area contributed by atoms with Gasteiger partial charge in [-0.2, -0.15) is 0 Å². The first kappa shape index (κ1) is 21.2. The van der Waals surface area contributed by atoms with Crippen LogP contribution < -0.4 is 9.47 Å². The lowest BCUT2D eigenvalue weighted by atomic mass is 9.88. The molecule has 1 fully saturated rings. The number of ether oxygens (including phenoxy) is 2. The molecular weight excluding hydrogens is 418 g/mol. The van der Waals surface area contributed by atoms with E-state index < -0.39 is 0 Å². The number of rotatable bonds is 8. The quantitative estimate of drug-likeness (QED) is 0.637. The fourth-order valence-electron chi connectivity index (χ4n) is 3.87. The predicted octanol–water partition coefficient (Wildman–Crippen LogP) is 4.67. The topological polar surface area (TPSA) is 41.9 Å². The van der Waals surface area contributed by atoms with Gasteiger partial charge in [-0.05, 0) is 65.9 Å². The number of benzene rings is 2. The van der Waals surface area contributed by atoms with Crippen LogP contribution in [0.4, 0.5) is 0 Å². The highest BCUT2D eigenvalue weighted by Crippen LogP contribution is 2.38. The van der Waals surface area contributed by atoms with Gasteiger partial charge in [-0.25, -0.2) is 0 Å². The van der Waals surface area contributed by atoms with E-state index in [-0.39, 0.29) is 12.0 Å². The highest BCUT2D eigenvalue weighted by Gasteiger charge is 2.28. The van der Waals surface area contributed by atoms with E-state index in [1.54, 1.807) is 0 Å². The molecular formula is C23H30BrNO3. The second-order valence-electron chi connectivity index (χ2n) is 7.31. The summed E-state index contributed by atoms with van der Waals surface area (Å²) in [5.41, 5.74) is 2.48. The smallest absolute Gasteiger partial charge is 0.175 e. The van der Waals surface area contributed by atoms with Crippen molar-refractivity contribution in [1.29, 1.82) is 0 Å². The number of hydrogen-bond donors (Lipinski definition) is 1. The molecule has 0 bridgehead atoms. The number of hydrogen-bond acceptors (Lipinski definition) is 4. The van der Waals surface area contributed by atoms with E-state index in [1.165, 1.54) is 5.56 Å². The summed E-state index contributed by atoms with van der Waals surface area (Å²) in [6, 6.07) is 14.7. The number of aliphatic hydroxyl groups is 1. The molecule has 1 heterocycles. The lowest BCUT2D eigenvalue weighted by molar-refractivity contribution is 0.0239. The minimum Gasteiger partial charge on any atom is -0.490 e. The first-order chi connectivity index (χ1) is 13.6. The second-order valence-corrected chi connectivity index (χ2v) is 8.17. The molecule has 152 valence electrons. The highest BCUT2D eigenvalue weighted by molar-refractivity contribution is 9.10. The molecule has 2 aromatic rings. The minimum atomic E-state index is -0.270. The summed E-state index contributed by atoms with van der Waals surface area (Å²) >= 11 is 3.63. The van der Waals surface area contributed by atoms with Crippen LogP contribution in [-0.2, 0) is 13.0 Å². The van der Waals surface area contributed by atoms with Crippen molar-refractivity contribution in [1.82, 2.24) is 4.90 Å². The molecule has 1 aliphatic heterocycles. The molecule has 0 spiro atoms. The van der Waals surface area contributed by atoms with E-state index in [0.717, 1.165) is 54.0 Å². The molecule has 1 N–H and O–H groups in total. The molecule has 0 aromatic heterocycles. The molecule has 2 unspecified atom stereocenters. The number of piperidine rings is 1. The van der Waals surface area contributed by atoms with Gasteiger partial charge in [0, 0.05) is 25.6 Å². The molecule has 4 nitrogen and oxygen atoms in total. The lowest BCUT2D eigenvalue weighted by Crippen LogP contribution is -2.43. The third kappa shape index (κ3) is 5.49. The van der Waals surface area contributed by atoms with Gasteiger partial charge in [0.15, 0.2) is 11.5 Å². The number of nitrogens with zero attached hydrogens (tertiary/aromatic N) is 1. The third-order valence-corrected chi connectivity index (χ3v) is 5.77. The Morgan fingerprint density at radius 2 is 1.82 bits per heavy atom. The van der Waals surface area contributed by atoms with Gasteiger partial charge in [-0.3, -0.25) is 4.90 Å². The van der Waals surface area contributed by atoms with Gasteiger partial charge < -0.3 is 14.6 Å². The summed E-state index contributed by atoms with van der Waals surface area (Å²) in [5.74, 6) is 1.72. The minimum absolute atomic E-state index is 0.205. The Morgan fingerprint density at radius 1 is 1.07 bits per heavy atom. The van der Waals surface area contributed by atoms with Crippen LogP contribution in [-0.4, -0.2) is 42.4 Å². The van der Waals surface area contributed by atoms with E-state index >= 15 is 0 Å².